The Hall–Kier alpha value is -1.83. The van der Waals surface area contributed by atoms with Crippen LogP contribution in [0.25, 0.3) is 11.2 Å². The normalized spacial score (nSPS) is 13.9. The molecule has 0 saturated carbocycles. The van der Waals surface area contributed by atoms with E-state index in [9.17, 15) is 4.79 Å². The molecule has 0 aromatic carbocycles. The number of rotatable bonds is 14. The molecule has 0 aliphatic rings. The highest BCUT2D eigenvalue weighted by Crippen LogP contribution is 2.16. The minimum atomic E-state index is -0.333. The van der Waals surface area contributed by atoms with Crippen molar-refractivity contribution in [3.8, 4) is 0 Å². The van der Waals surface area contributed by atoms with Crippen LogP contribution in [-0.2, 0) is 20.8 Å². The first kappa shape index (κ1) is 23.4. The molecular weight excluding hydrogens is 391 g/mol. The molecule has 1 unspecified atom stereocenters. The van der Waals surface area contributed by atoms with Gasteiger partial charge in [-0.15, -0.1) is 0 Å². The molecule has 2 heterocycles. The molecule has 0 spiro atoms. The van der Waals surface area contributed by atoms with Crippen molar-refractivity contribution in [2.75, 3.05) is 18.7 Å². The lowest BCUT2D eigenvalue weighted by atomic mass is 10.2. The van der Waals surface area contributed by atoms with Crippen LogP contribution in [0.4, 0.5) is 5.82 Å². The van der Waals surface area contributed by atoms with Crippen LogP contribution in [0.1, 0.15) is 52.9 Å². The Bertz CT molecular complexity index is 757. The second kappa shape index (κ2) is 12.7. The highest BCUT2D eigenvalue weighted by molar-refractivity contribution is 7.35. The number of imidazole rings is 1. The van der Waals surface area contributed by atoms with Gasteiger partial charge < -0.3 is 19.8 Å². The number of anilines is 1. The second-order valence-corrected chi connectivity index (χ2v) is 8.01. The van der Waals surface area contributed by atoms with Crippen molar-refractivity contribution in [3.05, 3.63) is 12.7 Å². The highest BCUT2D eigenvalue weighted by atomic mass is 31.1. The molecule has 10 heteroatoms. The van der Waals surface area contributed by atoms with Gasteiger partial charge in [0.15, 0.2) is 11.5 Å². The van der Waals surface area contributed by atoms with Crippen LogP contribution in [0.2, 0.25) is 0 Å². The fourth-order valence-electron chi connectivity index (χ4n) is 2.80. The monoisotopic (exact) mass is 424 g/mol. The van der Waals surface area contributed by atoms with E-state index in [0.29, 0.717) is 45.2 Å². The molecule has 0 radical (unpaired) electrons. The summed E-state index contributed by atoms with van der Waals surface area (Å²) in [6.45, 7) is 7.09. The van der Waals surface area contributed by atoms with Crippen molar-refractivity contribution in [2.45, 2.75) is 71.6 Å². The average Bonchev–Trinajstić information content (AvgIpc) is 3.11. The molecular formula is C19H33N6O3P. The number of nitrogens with two attached hydrogens (primary N) is 1. The first-order valence-electron chi connectivity index (χ1n) is 10.2. The Balaban J connectivity index is 1.60. The lowest BCUT2D eigenvalue weighted by Gasteiger charge is -2.16. The Morgan fingerprint density at radius 3 is 2.83 bits per heavy atom. The third kappa shape index (κ3) is 7.84. The Kier molecular flexibility index (Phi) is 10.2. The topological polar surface area (TPSA) is 117 Å². The lowest BCUT2D eigenvalue weighted by Crippen LogP contribution is -2.31. The zero-order valence-electron chi connectivity index (χ0n) is 17.6. The number of nitrogens with one attached hydrogen (secondary N) is 1. The third-order valence-electron chi connectivity index (χ3n) is 4.49. The quantitative estimate of drug-likeness (QED) is 0.270. The molecule has 0 fully saturated rings. The number of nitrogen functional groups attached to an aromatic ring is 1. The maximum Gasteiger partial charge on any atom is 0.323 e. The fraction of sp³-hybridized carbons (Fsp3) is 0.684. The van der Waals surface area contributed by atoms with Gasteiger partial charge in [-0.1, -0.05) is 32.6 Å². The summed E-state index contributed by atoms with van der Waals surface area (Å²) in [5, 5.41) is 3.17. The second-order valence-electron chi connectivity index (χ2n) is 7.07. The number of hydrogen-bond acceptors (Lipinski definition) is 8. The van der Waals surface area contributed by atoms with Crippen molar-refractivity contribution in [3.63, 3.8) is 0 Å². The van der Waals surface area contributed by atoms with Crippen LogP contribution in [0.15, 0.2) is 12.7 Å². The van der Waals surface area contributed by atoms with Gasteiger partial charge in [0.1, 0.15) is 17.9 Å². The average molecular weight is 424 g/mol. The summed E-state index contributed by atoms with van der Waals surface area (Å²) >= 11 is 0. The van der Waals surface area contributed by atoms with Gasteiger partial charge in [0.25, 0.3) is 0 Å². The van der Waals surface area contributed by atoms with E-state index in [1.165, 1.54) is 25.6 Å². The standard InChI is InChI=1S/C19H33N6O3P/c1-4-5-6-7-8-9-27-19(26)15(3)24-29-13-28-14(2)10-25-12-23-16-17(20)21-11-22-18(16)25/h11-12,14-15,24,29H,4-10,13H2,1-3H3,(H2,20,21,22)/t14-,15+/m1/s1. The third-order valence-corrected chi connectivity index (χ3v) is 5.44. The number of nitrogens with zero attached hydrogens (tertiary/aromatic N) is 4. The smallest absolute Gasteiger partial charge is 0.323 e. The summed E-state index contributed by atoms with van der Waals surface area (Å²) in [6, 6.07) is -0.333. The number of aromatic nitrogens is 4. The Labute approximate surface area is 174 Å². The van der Waals surface area contributed by atoms with Gasteiger partial charge in [-0.2, -0.15) is 0 Å². The van der Waals surface area contributed by atoms with Crippen molar-refractivity contribution < 1.29 is 14.3 Å². The summed E-state index contributed by atoms with van der Waals surface area (Å²) in [5.41, 5.74) is 7.10. The highest BCUT2D eigenvalue weighted by Gasteiger charge is 2.14. The summed E-state index contributed by atoms with van der Waals surface area (Å²) in [5.74, 6) is 0.165. The molecule has 3 atom stereocenters. The van der Waals surface area contributed by atoms with E-state index in [1.54, 1.807) is 6.33 Å². The first-order valence-corrected chi connectivity index (χ1v) is 11.4. The molecule has 3 N–H and O–H groups in total. The number of carbonyl (C=O) groups is 1. The van der Waals surface area contributed by atoms with Crippen LogP contribution in [-0.4, -0.2) is 50.6 Å². The molecule has 0 amide bonds. The summed E-state index contributed by atoms with van der Waals surface area (Å²) in [4.78, 5) is 24.4. The molecule has 29 heavy (non-hydrogen) atoms. The predicted molar refractivity (Wildman–Crippen MR) is 116 cm³/mol. The summed E-state index contributed by atoms with van der Waals surface area (Å²) < 4.78 is 13.0. The van der Waals surface area contributed by atoms with Gasteiger partial charge in [-0.05, 0) is 29.0 Å². The molecule has 2 aromatic rings. The molecule has 0 bridgehead atoms. The molecule has 0 aliphatic heterocycles. The maximum atomic E-state index is 12.0. The van der Waals surface area contributed by atoms with Crippen LogP contribution in [0, 0.1) is 0 Å². The van der Waals surface area contributed by atoms with E-state index in [2.05, 4.69) is 27.0 Å². The number of unbranched alkanes of at least 4 members (excludes halogenated alkanes) is 4. The fourth-order valence-corrected chi connectivity index (χ4v) is 3.68. The molecule has 162 valence electrons. The number of carbonyl (C=O) groups excluding carboxylic acids is 1. The van der Waals surface area contributed by atoms with Crippen molar-refractivity contribution >= 4 is 31.7 Å². The van der Waals surface area contributed by atoms with Gasteiger partial charge in [-0.3, -0.25) is 9.88 Å². The summed E-state index contributed by atoms with van der Waals surface area (Å²) in [6.07, 6.45) is 9.29. The van der Waals surface area contributed by atoms with Gasteiger partial charge in [0.2, 0.25) is 0 Å². The van der Waals surface area contributed by atoms with E-state index in [4.69, 9.17) is 15.2 Å². The number of fused-ring (bicyclic) bond motifs is 1. The van der Waals surface area contributed by atoms with Gasteiger partial charge in [0, 0.05) is 0 Å². The van der Waals surface area contributed by atoms with Crippen LogP contribution in [0.3, 0.4) is 0 Å². The van der Waals surface area contributed by atoms with Crippen LogP contribution in [0.5, 0.6) is 0 Å². The molecule has 0 saturated heterocycles. The van der Waals surface area contributed by atoms with Crippen molar-refractivity contribution in [1.82, 2.24) is 24.6 Å². The zero-order valence-corrected chi connectivity index (χ0v) is 18.6. The van der Waals surface area contributed by atoms with Crippen molar-refractivity contribution in [2.24, 2.45) is 0 Å². The Morgan fingerprint density at radius 1 is 1.24 bits per heavy atom. The van der Waals surface area contributed by atoms with E-state index < -0.39 is 0 Å². The van der Waals surface area contributed by atoms with Crippen LogP contribution < -0.4 is 10.8 Å². The Morgan fingerprint density at radius 2 is 2.03 bits per heavy atom. The van der Waals surface area contributed by atoms with E-state index in [1.807, 2.05) is 18.4 Å². The minimum Gasteiger partial charge on any atom is -0.465 e. The predicted octanol–water partition coefficient (Wildman–Crippen LogP) is 2.86. The van der Waals surface area contributed by atoms with Gasteiger partial charge >= 0.3 is 5.97 Å². The molecule has 2 rings (SSSR count). The lowest BCUT2D eigenvalue weighted by molar-refractivity contribution is -0.145. The minimum absolute atomic E-state index is 0.0386. The largest absolute Gasteiger partial charge is 0.465 e. The maximum absolute atomic E-state index is 12.0. The number of esters is 1. The SMILES string of the molecule is CCCCCCCOC(=O)[C@H](C)NPCO[C@H](C)Cn1cnc2c(N)ncnc21. The van der Waals surface area contributed by atoms with E-state index in [-0.39, 0.29) is 18.1 Å². The summed E-state index contributed by atoms with van der Waals surface area (Å²) in [7, 11) is 0.307. The molecule has 9 nitrogen and oxygen atoms in total. The zero-order chi connectivity index (χ0) is 21.1. The van der Waals surface area contributed by atoms with Gasteiger partial charge in [0.05, 0.1) is 31.9 Å². The van der Waals surface area contributed by atoms with Crippen LogP contribution >= 0.6 is 8.73 Å². The van der Waals surface area contributed by atoms with Crippen molar-refractivity contribution in [1.29, 1.82) is 0 Å². The van der Waals surface area contributed by atoms with Gasteiger partial charge in [-0.25, -0.2) is 15.0 Å². The van der Waals surface area contributed by atoms with E-state index in [0.717, 1.165) is 12.8 Å². The first-order chi connectivity index (χ1) is 14.0. The number of ether oxygens (including phenoxy) is 2. The molecule has 0 aliphatic carbocycles. The van der Waals surface area contributed by atoms with E-state index >= 15 is 0 Å². The number of hydrogen-bond donors (Lipinski definition) is 2. The molecule has 2 aromatic heterocycles.